The van der Waals surface area contributed by atoms with Crippen molar-refractivity contribution < 1.29 is 0 Å². The van der Waals surface area contributed by atoms with Gasteiger partial charge in [0.05, 0.1) is 17.4 Å². The second kappa shape index (κ2) is 15.7. The monoisotopic (exact) mass is 819 g/mol. The molecule has 3 aliphatic carbocycles. The van der Waals surface area contributed by atoms with Crippen LogP contribution in [0.15, 0.2) is 246 Å². The summed E-state index contributed by atoms with van der Waals surface area (Å²) in [6, 6.07) is 71.4. The molecular weight excluding hydrogens is 775 g/mol. The normalized spacial score (nSPS) is 15.0. The van der Waals surface area contributed by atoms with Crippen molar-refractivity contribution in [3.63, 3.8) is 0 Å². The number of nitrogens with zero attached hydrogens (tertiary/aromatic N) is 3. The number of amidine groups is 2. The first-order valence-corrected chi connectivity index (χ1v) is 22.0. The van der Waals surface area contributed by atoms with Crippen molar-refractivity contribution in [2.75, 3.05) is 0 Å². The number of benzene rings is 8. The van der Waals surface area contributed by atoms with Gasteiger partial charge in [-0.3, -0.25) is 4.99 Å². The molecule has 0 radical (unpaired) electrons. The molecule has 0 amide bonds. The first-order valence-electron chi connectivity index (χ1n) is 22.0. The second-order valence-electron chi connectivity index (χ2n) is 16.6. The van der Waals surface area contributed by atoms with Gasteiger partial charge in [0.15, 0.2) is 11.7 Å². The number of allylic oxidation sites excluding steroid dienone is 3. The molecule has 0 aromatic heterocycles. The van der Waals surface area contributed by atoms with E-state index in [4.69, 9.17) is 9.98 Å². The highest BCUT2D eigenvalue weighted by Crippen LogP contribution is 2.68. The van der Waals surface area contributed by atoms with Gasteiger partial charge < -0.3 is 0 Å². The third kappa shape index (κ3) is 5.64. The van der Waals surface area contributed by atoms with Gasteiger partial charge >= 0.3 is 0 Å². The minimum atomic E-state index is -0.605. The Kier molecular flexibility index (Phi) is 9.55. The van der Waals surface area contributed by atoms with Crippen molar-refractivity contribution in [3.8, 4) is 33.4 Å². The van der Waals surface area contributed by atoms with Gasteiger partial charge in [0, 0.05) is 11.1 Å². The number of fused-ring (bicyclic) bond motifs is 16. The Morgan fingerprint density at radius 2 is 0.969 bits per heavy atom. The molecule has 3 nitrogen and oxygen atoms in total. The fraction of sp³-hybridized carbons (Fsp3) is 0.0656. The average molecular weight is 820 g/mol. The highest BCUT2D eigenvalue weighted by atomic mass is 15.0. The number of rotatable bonds is 7. The standard InChI is InChI=1S/C61H45N3/c1-4-6-23-42(5-2)59(63-40-41-21-8-7-9-22-41)64-58(62-3)44-38-36-43(37-39-44)45-28-20-35-56-57(45)61(52-31-16-12-26-48(52)49-27-13-17-32-53(49)61)55-34-19-18-33-54(55)60(56)50-29-14-10-24-46(50)47-25-11-15-30-51(47)60/h4-39H,2-3,40H2,1H3/b6-4-,42-23+,63-59?,64-58?. The zero-order chi connectivity index (χ0) is 43.3. The molecule has 0 N–H and O–H groups in total. The van der Waals surface area contributed by atoms with E-state index in [-0.39, 0.29) is 0 Å². The minimum Gasteiger partial charge on any atom is -0.261 e. The summed E-state index contributed by atoms with van der Waals surface area (Å²) >= 11 is 0. The molecule has 0 atom stereocenters. The van der Waals surface area contributed by atoms with Crippen LogP contribution in [0.5, 0.6) is 0 Å². The molecule has 304 valence electrons. The summed E-state index contributed by atoms with van der Waals surface area (Å²) in [6.07, 6.45) is 7.72. The molecule has 8 aromatic carbocycles. The Hall–Kier alpha value is -8.01. The van der Waals surface area contributed by atoms with Crippen LogP contribution in [0, 0.1) is 0 Å². The van der Waals surface area contributed by atoms with Crippen molar-refractivity contribution in [3.05, 3.63) is 286 Å². The average Bonchev–Trinajstić information content (AvgIpc) is 3.82. The lowest BCUT2D eigenvalue weighted by Gasteiger charge is -2.49. The van der Waals surface area contributed by atoms with Gasteiger partial charge in [0.1, 0.15) is 0 Å². The number of hydrogen-bond donors (Lipinski definition) is 0. The summed E-state index contributed by atoms with van der Waals surface area (Å²) in [6.45, 7) is 10.5. The van der Waals surface area contributed by atoms with Crippen LogP contribution in [0.3, 0.4) is 0 Å². The zero-order valence-electron chi connectivity index (χ0n) is 35.7. The molecular formula is C61H45N3. The van der Waals surface area contributed by atoms with Crippen LogP contribution >= 0.6 is 0 Å². The lowest BCUT2D eigenvalue weighted by molar-refractivity contribution is 0.634. The van der Waals surface area contributed by atoms with Crippen LogP contribution < -0.4 is 0 Å². The van der Waals surface area contributed by atoms with Gasteiger partial charge in [-0.05, 0) is 97.1 Å². The Labute approximate surface area is 375 Å². The summed E-state index contributed by atoms with van der Waals surface area (Å²) in [5.74, 6) is 1.03. The van der Waals surface area contributed by atoms with Crippen molar-refractivity contribution in [1.29, 1.82) is 0 Å². The topological polar surface area (TPSA) is 37.1 Å². The Morgan fingerprint density at radius 1 is 0.500 bits per heavy atom. The van der Waals surface area contributed by atoms with E-state index in [1.54, 1.807) is 6.08 Å². The van der Waals surface area contributed by atoms with Crippen LogP contribution in [0.1, 0.15) is 62.6 Å². The van der Waals surface area contributed by atoms with Gasteiger partial charge in [-0.25, -0.2) is 9.98 Å². The molecule has 2 spiro atoms. The molecule has 3 heteroatoms. The van der Waals surface area contributed by atoms with Crippen LogP contribution in [-0.4, -0.2) is 18.4 Å². The van der Waals surface area contributed by atoms with E-state index in [0.717, 1.165) is 22.3 Å². The molecule has 0 saturated heterocycles. The van der Waals surface area contributed by atoms with E-state index < -0.39 is 10.8 Å². The van der Waals surface area contributed by atoms with E-state index in [0.29, 0.717) is 18.2 Å². The summed E-state index contributed by atoms with van der Waals surface area (Å²) in [5.41, 5.74) is 19.5. The van der Waals surface area contributed by atoms with Crippen LogP contribution in [-0.2, 0) is 17.4 Å². The second-order valence-corrected chi connectivity index (χ2v) is 16.6. The van der Waals surface area contributed by atoms with E-state index in [1.807, 2.05) is 43.4 Å². The Balaban J connectivity index is 1.16. The summed E-state index contributed by atoms with van der Waals surface area (Å²) in [4.78, 5) is 14.5. The first-order chi connectivity index (χ1) is 31.6. The van der Waals surface area contributed by atoms with Gasteiger partial charge in [-0.1, -0.05) is 225 Å². The predicted octanol–water partition coefficient (Wildman–Crippen LogP) is 14.1. The molecule has 0 fully saturated rings. The maximum absolute atomic E-state index is 5.06. The van der Waals surface area contributed by atoms with Crippen molar-refractivity contribution >= 4 is 18.4 Å². The van der Waals surface area contributed by atoms with E-state index >= 15 is 0 Å². The van der Waals surface area contributed by atoms with Gasteiger partial charge in [0.2, 0.25) is 0 Å². The molecule has 3 aliphatic rings. The highest BCUT2D eigenvalue weighted by Gasteiger charge is 2.59. The quantitative estimate of drug-likeness (QED) is 0.0873. The molecule has 0 aliphatic heterocycles. The van der Waals surface area contributed by atoms with Crippen molar-refractivity contribution in [2.24, 2.45) is 15.0 Å². The van der Waals surface area contributed by atoms with E-state index in [1.165, 1.54) is 72.3 Å². The molecule has 0 bridgehead atoms. The highest BCUT2D eigenvalue weighted by molar-refractivity contribution is 6.13. The minimum absolute atomic E-state index is 0.469. The van der Waals surface area contributed by atoms with Gasteiger partial charge in [-0.2, -0.15) is 0 Å². The van der Waals surface area contributed by atoms with Crippen LogP contribution in [0.4, 0.5) is 0 Å². The molecule has 0 heterocycles. The van der Waals surface area contributed by atoms with Crippen molar-refractivity contribution in [1.82, 2.24) is 0 Å². The smallest absolute Gasteiger partial charge is 0.161 e. The summed E-state index contributed by atoms with van der Waals surface area (Å²) in [5, 5.41) is 0. The van der Waals surface area contributed by atoms with Crippen molar-refractivity contribution in [2.45, 2.75) is 24.3 Å². The maximum atomic E-state index is 5.06. The fourth-order valence-corrected chi connectivity index (χ4v) is 11.0. The number of aliphatic imine (C=N–C) groups is 3. The third-order valence-electron chi connectivity index (χ3n) is 13.5. The largest absolute Gasteiger partial charge is 0.261 e. The van der Waals surface area contributed by atoms with E-state index in [2.05, 4.69) is 194 Å². The molecule has 64 heavy (non-hydrogen) atoms. The fourth-order valence-electron chi connectivity index (χ4n) is 11.0. The van der Waals surface area contributed by atoms with Gasteiger partial charge in [-0.15, -0.1) is 0 Å². The molecule has 8 aromatic rings. The Bertz CT molecular complexity index is 3200. The number of hydrogen-bond acceptors (Lipinski definition) is 1. The molecule has 0 unspecified atom stereocenters. The zero-order valence-corrected chi connectivity index (χ0v) is 35.7. The maximum Gasteiger partial charge on any atom is 0.161 e. The van der Waals surface area contributed by atoms with E-state index in [9.17, 15) is 0 Å². The third-order valence-corrected chi connectivity index (χ3v) is 13.5. The Morgan fingerprint density at radius 3 is 1.50 bits per heavy atom. The van der Waals surface area contributed by atoms with Gasteiger partial charge in [0.25, 0.3) is 0 Å². The summed E-state index contributed by atoms with van der Waals surface area (Å²) in [7, 11) is 0. The molecule has 11 rings (SSSR count). The van der Waals surface area contributed by atoms with Crippen LogP contribution in [0.2, 0.25) is 0 Å². The SMILES string of the molecule is C=C/C(=C\C=C/C)C(=NCc1ccccc1)N=C(N=C)c1ccc(-c2cccc3c2C2(c4ccccc4-c4ccccc42)c2ccccc2C32c3ccccc3-c3ccccc32)cc1. The lowest BCUT2D eigenvalue weighted by atomic mass is 9.51. The van der Waals surface area contributed by atoms with Crippen LogP contribution in [0.25, 0.3) is 33.4 Å². The lowest BCUT2D eigenvalue weighted by Crippen LogP contribution is -2.44. The predicted molar refractivity (Wildman–Crippen MR) is 267 cm³/mol. The molecule has 0 saturated carbocycles. The first kappa shape index (κ1) is 38.9. The summed E-state index contributed by atoms with van der Waals surface area (Å²) < 4.78 is 0.